The standard InChI is InChI=1S/C55H34N5O/c1-4-17-34(18-5-1)53-56-54(35-19-6-2-7-20-35)58-55(57-53)43-27-16-30-46-48(43)42-32-31-37(33-47(42)61-46)60-45-29-15-13-26-41(45)50-39-24-11-10-23-38(39)49-40-25-12-14-28-44(40)59(51(49)52(50)60)36-21-8-3-9-22-36/h1-33,55H/q-1. The molecule has 61 heavy (non-hydrogen) atoms. The van der Waals surface area contributed by atoms with E-state index in [4.69, 9.17) is 19.7 Å². The van der Waals surface area contributed by atoms with Gasteiger partial charge in [0.25, 0.3) is 0 Å². The predicted molar refractivity (Wildman–Crippen MR) is 252 cm³/mol. The first kappa shape index (κ1) is 33.7. The number of rotatable bonds is 5. The summed E-state index contributed by atoms with van der Waals surface area (Å²) < 4.78 is 11.7. The van der Waals surface area contributed by atoms with Gasteiger partial charge in [-0.15, -0.1) is 0 Å². The Labute approximate surface area is 349 Å². The molecule has 6 heteroatoms. The lowest BCUT2D eigenvalue weighted by atomic mass is 9.98. The smallest absolute Gasteiger partial charge is 0.137 e. The molecular formula is C55H34N5O-. The second-order valence-corrected chi connectivity index (χ2v) is 15.7. The lowest BCUT2D eigenvalue weighted by molar-refractivity contribution is 0.668. The van der Waals surface area contributed by atoms with Crippen molar-refractivity contribution < 1.29 is 4.42 Å². The zero-order chi connectivity index (χ0) is 40.0. The van der Waals surface area contributed by atoms with Crippen LogP contribution in [0.25, 0.3) is 93.0 Å². The molecular weight excluding hydrogens is 747 g/mol. The van der Waals surface area contributed by atoms with E-state index in [9.17, 15) is 0 Å². The van der Waals surface area contributed by atoms with Crippen LogP contribution in [0.3, 0.4) is 0 Å². The number of aromatic nitrogens is 2. The summed E-state index contributed by atoms with van der Waals surface area (Å²) in [6.07, 6.45) is -0.522. The molecule has 0 amide bonds. The van der Waals surface area contributed by atoms with E-state index in [0.717, 1.165) is 61.0 Å². The first-order chi connectivity index (χ1) is 30.3. The molecule has 1 unspecified atom stereocenters. The number of amidine groups is 2. The van der Waals surface area contributed by atoms with Gasteiger partial charge in [0.15, 0.2) is 0 Å². The third-order valence-electron chi connectivity index (χ3n) is 12.3. The van der Waals surface area contributed by atoms with E-state index in [1.807, 2.05) is 72.8 Å². The highest BCUT2D eigenvalue weighted by molar-refractivity contribution is 6.36. The van der Waals surface area contributed by atoms with E-state index in [2.05, 4.69) is 137 Å². The lowest BCUT2D eigenvalue weighted by Gasteiger charge is -2.32. The van der Waals surface area contributed by atoms with Crippen LogP contribution in [0, 0.1) is 0 Å². The van der Waals surface area contributed by atoms with E-state index < -0.39 is 6.17 Å². The predicted octanol–water partition coefficient (Wildman–Crippen LogP) is 14.2. The third-order valence-corrected chi connectivity index (χ3v) is 12.3. The van der Waals surface area contributed by atoms with E-state index in [-0.39, 0.29) is 0 Å². The monoisotopic (exact) mass is 780 g/mol. The highest BCUT2D eigenvalue weighted by Gasteiger charge is 2.25. The van der Waals surface area contributed by atoms with Gasteiger partial charge in [-0.2, -0.15) is 0 Å². The van der Waals surface area contributed by atoms with Crippen LogP contribution in [0.2, 0.25) is 0 Å². The van der Waals surface area contributed by atoms with Gasteiger partial charge in [0.2, 0.25) is 0 Å². The number of furan rings is 1. The maximum Gasteiger partial charge on any atom is 0.137 e. The summed E-state index contributed by atoms with van der Waals surface area (Å²) >= 11 is 0. The molecule has 0 spiro atoms. The van der Waals surface area contributed by atoms with Gasteiger partial charge >= 0.3 is 0 Å². The molecule has 3 aromatic heterocycles. The van der Waals surface area contributed by atoms with Crippen molar-refractivity contribution in [3.05, 3.63) is 222 Å². The Morgan fingerprint density at radius 1 is 0.426 bits per heavy atom. The van der Waals surface area contributed by atoms with Gasteiger partial charge < -0.3 is 23.9 Å². The zero-order valence-corrected chi connectivity index (χ0v) is 32.8. The Morgan fingerprint density at radius 3 is 1.64 bits per heavy atom. The van der Waals surface area contributed by atoms with Crippen LogP contribution in [-0.2, 0) is 0 Å². The highest BCUT2D eigenvalue weighted by atomic mass is 16.3. The number of nitrogens with zero attached hydrogens (tertiary/aromatic N) is 5. The van der Waals surface area contributed by atoms with Crippen LogP contribution in [-0.4, -0.2) is 20.8 Å². The molecule has 0 saturated heterocycles. The second-order valence-electron chi connectivity index (χ2n) is 15.7. The van der Waals surface area contributed by atoms with E-state index in [1.165, 1.54) is 43.4 Å². The molecule has 0 N–H and O–H groups in total. The van der Waals surface area contributed by atoms with Crippen LogP contribution >= 0.6 is 0 Å². The van der Waals surface area contributed by atoms with Crippen molar-refractivity contribution in [2.45, 2.75) is 6.17 Å². The molecule has 12 aromatic rings. The van der Waals surface area contributed by atoms with Gasteiger partial charge in [0.05, 0.1) is 39.8 Å². The van der Waals surface area contributed by atoms with Gasteiger partial charge in [-0.05, 0) is 69.9 Å². The van der Waals surface area contributed by atoms with Crippen LogP contribution in [0.4, 0.5) is 0 Å². The van der Waals surface area contributed by atoms with Crippen molar-refractivity contribution in [2.75, 3.05) is 0 Å². The minimum atomic E-state index is -0.522. The average Bonchev–Trinajstić information content (AvgIpc) is 4.00. The molecule has 1 aliphatic rings. The topological polar surface area (TPSA) is 61.8 Å². The molecule has 1 atom stereocenters. The zero-order valence-electron chi connectivity index (χ0n) is 32.8. The van der Waals surface area contributed by atoms with Crippen molar-refractivity contribution in [2.24, 2.45) is 9.98 Å². The number of hydrogen-bond acceptors (Lipinski definition) is 3. The van der Waals surface area contributed by atoms with E-state index in [0.29, 0.717) is 11.7 Å². The quantitative estimate of drug-likeness (QED) is 0.172. The number of fused-ring (bicyclic) bond motifs is 13. The summed E-state index contributed by atoms with van der Waals surface area (Å²) in [6, 6.07) is 70.4. The van der Waals surface area contributed by atoms with E-state index in [1.54, 1.807) is 0 Å². The van der Waals surface area contributed by atoms with Crippen LogP contribution in [0.15, 0.2) is 215 Å². The van der Waals surface area contributed by atoms with Crippen molar-refractivity contribution in [3.63, 3.8) is 0 Å². The Kier molecular flexibility index (Phi) is 7.27. The molecule has 6 nitrogen and oxygen atoms in total. The SMILES string of the molecule is c1ccc(C2=NC(c3cccc4oc5cc(-n6c7ccccc7c7c8ccccc8c8c9ccccc9n(-c9ccccc9)c8c76)ccc5c34)[N-]C(c3ccccc3)=N2)cc1. The van der Waals surface area contributed by atoms with Crippen molar-refractivity contribution in [3.8, 4) is 11.4 Å². The van der Waals surface area contributed by atoms with Crippen LogP contribution in [0.5, 0.6) is 0 Å². The molecule has 13 rings (SSSR count). The van der Waals surface area contributed by atoms with Gasteiger partial charge in [-0.25, -0.2) is 0 Å². The Bertz CT molecular complexity index is 3780. The molecule has 1 aliphatic heterocycles. The summed E-state index contributed by atoms with van der Waals surface area (Å²) in [5.41, 5.74) is 11.2. The molecule has 286 valence electrons. The molecule has 0 fully saturated rings. The summed E-state index contributed by atoms with van der Waals surface area (Å²) in [6.45, 7) is 0. The number of para-hydroxylation sites is 3. The molecule has 4 heterocycles. The van der Waals surface area contributed by atoms with Gasteiger partial charge in [-0.1, -0.05) is 157 Å². The molecule has 0 saturated carbocycles. The fourth-order valence-corrected chi connectivity index (χ4v) is 9.71. The summed E-state index contributed by atoms with van der Waals surface area (Å²) in [5.74, 6) is 1.31. The summed E-state index contributed by atoms with van der Waals surface area (Å²) in [4.78, 5) is 10.2. The Hall–Kier alpha value is -8.22. The van der Waals surface area contributed by atoms with Crippen LogP contribution < -0.4 is 0 Å². The van der Waals surface area contributed by atoms with Gasteiger partial charge in [-0.3, -0.25) is 4.99 Å². The van der Waals surface area contributed by atoms with Crippen molar-refractivity contribution in [1.82, 2.24) is 9.13 Å². The first-order valence-electron chi connectivity index (χ1n) is 20.6. The maximum absolute atomic E-state index is 6.83. The minimum absolute atomic E-state index is 0.522. The molecule has 0 aliphatic carbocycles. The Balaban J connectivity index is 1.07. The van der Waals surface area contributed by atoms with E-state index >= 15 is 0 Å². The number of hydrogen-bond donors (Lipinski definition) is 0. The molecule has 0 radical (unpaired) electrons. The normalized spacial score (nSPS) is 14.4. The fraction of sp³-hybridized carbons (Fsp3) is 0.0182. The molecule has 0 bridgehead atoms. The average molecular weight is 781 g/mol. The van der Waals surface area contributed by atoms with Crippen LogP contribution in [0.1, 0.15) is 22.9 Å². The van der Waals surface area contributed by atoms with Crippen molar-refractivity contribution in [1.29, 1.82) is 0 Å². The summed E-state index contributed by atoms with van der Waals surface area (Å²) in [7, 11) is 0. The summed E-state index contributed by atoms with van der Waals surface area (Å²) in [5, 5.41) is 14.6. The third kappa shape index (κ3) is 5.03. The van der Waals surface area contributed by atoms with Gasteiger partial charge in [0.1, 0.15) is 11.2 Å². The fourth-order valence-electron chi connectivity index (χ4n) is 9.71. The number of benzene rings is 9. The molecule has 9 aromatic carbocycles. The minimum Gasteiger partial charge on any atom is -0.456 e. The lowest BCUT2D eigenvalue weighted by Crippen LogP contribution is -2.15. The number of aliphatic imine (C=N–C) groups is 2. The maximum atomic E-state index is 6.83. The second kappa shape index (κ2) is 13.1. The Morgan fingerprint density at radius 2 is 0.984 bits per heavy atom. The van der Waals surface area contributed by atoms with Gasteiger partial charge in [0, 0.05) is 44.1 Å². The largest absolute Gasteiger partial charge is 0.456 e. The van der Waals surface area contributed by atoms with Crippen molar-refractivity contribution >= 4 is 88.0 Å². The highest BCUT2D eigenvalue weighted by Crippen LogP contribution is 2.47. The first-order valence-corrected chi connectivity index (χ1v) is 20.6.